The van der Waals surface area contributed by atoms with Gasteiger partial charge in [0, 0.05) is 31.2 Å². The van der Waals surface area contributed by atoms with Gasteiger partial charge >= 0.3 is 0 Å². The number of aryl methyl sites for hydroxylation is 1. The van der Waals surface area contributed by atoms with Crippen LogP contribution in [0.4, 0.5) is 0 Å². The van der Waals surface area contributed by atoms with E-state index in [1.165, 1.54) is 0 Å². The predicted molar refractivity (Wildman–Crippen MR) is 100 cm³/mol. The maximum Gasteiger partial charge on any atom is 0.270 e. The van der Waals surface area contributed by atoms with Crippen LogP contribution in [0.3, 0.4) is 0 Å². The first-order valence-corrected chi connectivity index (χ1v) is 9.70. The van der Waals surface area contributed by atoms with Crippen LogP contribution in [0.15, 0.2) is 28.9 Å². The average Bonchev–Trinajstić information content (AvgIpc) is 3.34. The molecule has 2 aliphatic rings. The quantitative estimate of drug-likeness (QED) is 0.863. The highest BCUT2D eigenvalue weighted by Crippen LogP contribution is 2.50. The van der Waals surface area contributed by atoms with Crippen LogP contribution in [0.5, 0.6) is 0 Å². The first kappa shape index (κ1) is 18.6. The van der Waals surface area contributed by atoms with Crippen molar-refractivity contribution < 1.29 is 14.1 Å². The van der Waals surface area contributed by atoms with Crippen molar-refractivity contribution in [3.05, 3.63) is 41.8 Å². The lowest BCUT2D eigenvalue weighted by Gasteiger charge is -2.26. The molecule has 0 bridgehead atoms. The highest BCUT2D eigenvalue weighted by atomic mass is 16.5. The summed E-state index contributed by atoms with van der Waals surface area (Å²) in [5, 5.41) is 7.07. The van der Waals surface area contributed by atoms with E-state index in [0.29, 0.717) is 36.9 Å². The molecule has 1 saturated heterocycles. The second kappa shape index (κ2) is 7.00. The van der Waals surface area contributed by atoms with E-state index in [-0.39, 0.29) is 29.7 Å². The van der Waals surface area contributed by atoms with Crippen molar-refractivity contribution in [2.24, 2.45) is 11.8 Å². The maximum atomic E-state index is 12.6. The second-order valence-electron chi connectivity index (χ2n) is 8.20. The molecule has 28 heavy (non-hydrogen) atoms. The van der Waals surface area contributed by atoms with Crippen molar-refractivity contribution in [3.63, 3.8) is 0 Å². The molecular formula is C20H25N5O3. The molecule has 1 aliphatic carbocycles. The summed E-state index contributed by atoms with van der Waals surface area (Å²) in [6.45, 7) is 6.81. The Bertz CT molecular complexity index is 881. The van der Waals surface area contributed by atoms with Crippen LogP contribution in [0.1, 0.15) is 48.9 Å². The van der Waals surface area contributed by atoms with Gasteiger partial charge in [0.1, 0.15) is 5.69 Å². The number of nitrogens with zero attached hydrogens (tertiary/aromatic N) is 4. The SMILES string of the molecule is Cc1noc(C23CC(NC(=O)c4ccccn4)CC2CN(C(=O)C(C)C)C3)n1. The number of fused-ring (bicyclic) bond motifs is 1. The zero-order valence-corrected chi connectivity index (χ0v) is 16.4. The Morgan fingerprint density at radius 3 is 2.82 bits per heavy atom. The lowest BCUT2D eigenvalue weighted by Crippen LogP contribution is -2.40. The van der Waals surface area contributed by atoms with Gasteiger partial charge in [-0.05, 0) is 37.8 Å². The van der Waals surface area contributed by atoms with Gasteiger partial charge in [0.15, 0.2) is 5.82 Å². The molecule has 3 unspecified atom stereocenters. The molecule has 4 rings (SSSR count). The van der Waals surface area contributed by atoms with E-state index < -0.39 is 5.41 Å². The number of rotatable bonds is 4. The minimum atomic E-state index is -0.409. The summed E-state index contributed by atoms with van der Waals surface area (Å²) in [6, 6.07) is 5.25. The summed E-state index contributed by atoms with van der Waals surface area (Å²) in [5.41, 5.74) is -0.00714. The minimum absolute atomic E-state index is 0.0250. The monoisotopic (exact) mass is 383 g/mol. The Labute approximate surface area is 163 Å². The normalized spacial score (nSPS) is 26.5. The summed E-state index contributed by atoms with van der Waals surface area (Å²) >= 11 is 0. The van der Waals surface area contributed by atoms with Crippen LogP contribution in [0, 0.1) is 18.8 Å². The van der Waals surface area contributed by atoms with Crippen molar-refractivity contribution >= 4 is 11.8 Å². The third kappa shape index (κ3) is 3.16. The Kier molecular flexibility index (Phi) is 4.64. The molecule has 2 amide bonds. The molecule has 2 fully saturated rings. The summed E-state index contributed by atoms with van der Waals surface area (Å²) in [5.74, 6) is 1.22. The van der Waals surface area contributed by atoms with Gasteiger partial charge in [-0.3, -0.25) is 14.6 Å². The fourth-order valence-corrected chi connectivity index (χ4v) is 4.60. The zero-order valence-electron chi connectivity index (χ0n) is 16.4. The molecule has 0 radical (unpaired) electrons. The van der Waals surface area contributed by atoms with E-state index in [2.05, 4.69) is 20.4 Å². The third-order valence-corrected chi connectivity index (χ3v) is 5.87. The lowest BCUT2D eigenvalue weighted by molar-refractivity contribution is -0.133. The zero-order chi connectivity index (χ0) is 19.9. The van der Waals surface area contributed by atoms with Crippen molar-refractivity contribution in [1.29, 1.82) is 0 Å². The van der Waals surface area contributed by atoms with Crippen LogP contribution in [0.2, 0.25) is 0 Å². The van der Waals surface area contributed by atoms with E-state index in [4.69, 9.17) is 4.52 Å². The number of aromatic nitrogens is 3. The summed E-state index contributed by atoms with van der Waals surface area (Å²) in [7, 11) is 0. The Hall–Kier alpha value is -2.77. The van der Waals surface area contributed by atoms with Crippen LogP contribution in [-0.2, 0) is 10.2 Å². The van der Waals surface area contributed by atoms with Gasteiger partial charge in [-0.2, -0.15) is 4.98 Å². The molecule has 1 aliphatic heterocycles. The largest absolute Gasteiger partial charge is 0.348 e. The molecule has 1 saturated carbocycles. The standard InChI is InChI=1S/C20H25N5O3/c1-12(2)18(27)25-10-14-8-15(23-17(26)16-6-4-5-7-21-16)9-20(14,11-25)19-22-13(3)24-28-19/h4-7,12,14-15H,8-11H2,1-3H3,(H,23,26). The number of hydrogen-bond donors (Lipinski definition) is 1. The first-order valence-electron chi connectivity index (χ1n) is 9.70. The predicted octanol–water partition coefficient (Wildman–Crippen LogP) is 1.72. The number of carbonyl (C=O) groups excluding carboxylic acids is 2. The highest BCUT2D eigenvalue weighted by Gasteiger charge is 2.58. The number of likely N-dealkylation sites (tertiary alicyclic amines) is 1. The van der Waals surface area contributed by atoms with Crippen LogP contribution in [0.25, 0.3) is 0 Å². The third-order valence-electron chi connectivity index (χ3n) is 5.87. The fourth-order valence-electron chi connectivity index (χ4n) is 4.60. The van der Waals surface area contributed by atoms with E-state index in [9.17, 15) is 9.59 Å². The van der Waals surface area contributed by atoms with Gasteiger partial charge in [-0.15, -0.1) is 0 Å². The van der Waals surface area contributed by atoms with E-state index in [1.807, 2.05) is 18.7 Å². The number of carbonyl (C=O) groups is 2. The van der Waals surface area contributed by atoms with Gasteiger partial charge < -0.3 is 14.7 Å². The molecule has 2 aromatic heterocycles. The van der Waals surface area contributed by atoms with Crippen molar-refractivity contribution in [2.45, 2.75) is 45.1 Å². The topological polar surface area (TPSA) is 101 Å². The number of amides is 2. The molecular weight excluding hydrogens is 358 g/mol. The van der Waals surface area contributed by atoms with Crippen molar-refractivity contribution in [2.75, 3.05) is 13.1 Å². The van der Waals surface area contributed by atoms with Crippen LogP contribution in [-0.4, -0.2) is 51.0 Å². The summed E-state index contributed by atoms with van der Waals surface area (Å²) in [6.07, 6.45) is 3.04. The van der Waals surface area contributed by atoms with Crippen LogP contribution < -0.4 is 5.32 Å². The number of nitrogens with one attached hydrogen (secondary N) is 1. The fraction of sp³-hybridized carbons (Fsp3) is 0.550. The Morgan fingerprint density at radius 2 is 2.18 bits per heavy atom. The van der Waals surface area contributed by atoms with Gasteiger partial charge in [-0.1, -0.05) is 25.1 Å². The maximum absolute atomic E-state index is 12.6. The van der Waals surface area contributed by atoms with E-state index in [1.54, 1.807) is 31.3 Å². The molecule has 148 valence electrons. The summed E-state index contributed by atoms with van der Waals surface area (Å²) in [4.78, 5) is 35.6. The van der Waals surface area contributed by atoms with Crippen molar-refractivity contribution in [1.82, 2.24) is 25.3 Å². The van der Waals surface area contributed by atoms with E-state index in [0.717, 1.165) is 6.42 Å². The lowest BCUT2D eigenvalue weighted by atomic mass is 9.80. The minimum Gasteiger partial charge on any atom is -0.348 e. The number of pyridine rings is 1. The highest BCUT2D eigenvalue weighted by molar-refractivity contribution is 5.92. The van der Waals surface area contributed by atoms with Gasteiger partial charge in [0.05, 0.1) is 5.41 Å². The Balaban J connectivity index is 1.56. The van der Waals surface area contributed by atoms with Crippen molar-refractivity contribution in [3.8, 4) is 0 Å². The molecule has 1 N–H and O–H groups in total. The second-order valence-corrected chi connectivity index (χ2v) is 8.20. The summed E-state index contributed by atoms with van der Waals surface area (Å²) < 4.78 is 5.56. The molecule has 2 aromatic rings. The average molecular weight is 383 g/mol. The van der Waals surface area contributed by atoms with Gasteiger partial charge in [-0.25, -0.2) is 0 Å². The molecule has 8 heteroatoms. The molecule has 0 spiro atoms. The molecule has 3 heterocycles. The smallest absolute Gasteiger partial charge is 0.270 e. The number of hydrogen-bond acceptors (Lipinski definition) is 6. The first-order chi connectivity index (χ1) is 13.4. The molecule has 3 atom stereocenters. The van der Waals surface area contributed by atoms with E-state index >= 15 is 0 Å². The molecule has 8 nitrogen and oxygen atoms in total. The van der Waals surface area contributed by atoms with Gasteiger partial charge in [0.25, 0.3) is 5.91 Å². The Morgan fingerprint density at radius 1 is 1.36 bits per heavy atom. The molecule has 0 aromatic carbocycles. The van der Waals surface area contributed by atoms with Gasteiger partial charge in [0.2, 0.25) is 11.8 Å². The van der Waals surface area contributed by atoms with Crippen LogP contribution >= 0.6 is 0 Å².